The maximum atomic E-state index is 13.5. The van der Waals surface area contributed by atoms with Gasteiger partial charge in [0, 0.05) is 12.6 Å². The first kappa shape index (κ1) is 12.5. The molecular formula is C13H14FNO3. The van der Waals surface area contributed by atoms with E-state index in [2.05, 4.69) is 0 Å². The Labute approximate surface area is 104 Å². The average molecular weight is 251 g/mol. The van der Waals surface area contributed by atoms with Gasteiger partial charge in [-0.1, -0.05) is 12.1 Å². The number of hydrogen-bond donors (Lipinski definition) is 1. The Balaban J connectivity index is 2.21. The zero-order valence-electron chi connectivity index (χ0n) is 9.97. The molecule has 4 nitrogen and oxygen atoms in total. The number of carboxylic acids is 1. The molecule has 0 saturated carbocycles. The van der Waals surface area contributed by atoms with Crippen LogP contribution >= 0.6 is 0 Å². The predicted octanol–water partition coefficient (Wildman–Crippen LogP) is 1.76. The third-order valence-electron chi connectivity index (χ3n) is 3.44. The number of rotatable bonds is 2. The number of nitrogens with zero attached hydrogens (tertiary/aromatic N) is 1. The Morgan fingerprint density at radius 1 is 1.39 bits per heavy atom. The Hall–Kier alpha value is -1.91. The van der Waals surface area contributed by atoms with E-state index >= 15 is 0 Å². The van der Waals surface area contributed by atoms with E-state index in [1.54, 1.807) is 13.0 Å². The van der Waals surface area contributed by atoms with Gasteiger partial charge in [-0.05, 0) is 25.5 Å². The summed E-state index contributed by atoms with van der Waals surface area (Å²) in [5.74, 6) is -2.50. The van der Waals surface area contributed by atoms with E-state index in [4.69, 9.17) is 5.11 Å². The van der Waals surface area contributed by atoms with Crippen molar-refractivity contribution in [1.82, 2.24) is 4.90 Å². The third-order valence-corrected chi connectivity index (χ3v) is 3.44. The SMILES string of the molecule is CC1C(C(=O)O)CCN1C(=O)c1ccccc1F. The Bertz CT molecular complexity index is 489. The Kier molecular flexibility index (Phi) is 3.32. The Morgan fingerprint density at radius 2 is 2.06 bits per heavy atom. The monoisotopic (exact) mass is 251 g/mol. The van der Waals surface area contributed by atoms with E-state index < -0.39 is 29.7 Å². The fraction of sp³-hybridized carbons (Fsp3) is 0.385. The molecule has 2 unspecified atom stereocenters. The molecule has 1 heterocycles. The van der Waals surface area contributed by atoms with Crippen LogP contribution in [-0.2, 0) is 4.79 Å². The van der Waals surface area contributed by atoms with Gasteiger partial charge in [-0.25, -0.2) is 4.39 Å². The van der Waals surface area contributed by atoms with Gasteiger partial charge < -0.3 is 10.0 Å². The van der Waals surface area contributed by atoms with E-state index in [1.165, 1.54) is 23.1 Å². The molecule has 1 aliphatic heterocycles. The number of hydrogen-bond acceptors (Lipinski definition) is 2. The van der Waals surface area contributed by atoms with Crippen LogP contribution in [0.4, 0.5) is 4.39 Å². The van der Waals surface area contributed by atoms with Gasteiger partial charge in [0.05, 0.1) is 11.5 Å². The highest BCUT2D eigenvalue weighted by molar-refractivity contribution is 5.95. The van der Waals surface area contributed by atoms with Crippen LogP contribution in [0.1, 0.15) is 23.7 Å². The van der Waals surface area contributed by atoms with Gasteiger partial charge in [-0.2, -0.15) is 0 Å². The first-order valence-electron chi connectivity index (χ1n) is 5.80. The van der Waals surface area contributed by atoms with Crippen molar-refractivity contribution >= 4 is 11.9 Å². The minimum Gasteiger partial charge on any atom is -0.481 e. The van der Waals surface area contributed by atoms with Gasteiger partial charge in [0.2, 0.25) is 0 Å². The topological polar surface area (TPSA) is 57.6 Å². The van der Waals surface area contributed by atoms with Crippen molar-refractivity contribution < 1.29 is 19.1 Å². The highest BCUT2D eigenvalue weighted by atomic mass is 19.1. The molecule has 1 aliphatic rings. The highest BCUT2D eigenvalue weighted by Gasteiger charge is 2.38. The molecule has 1 amide bonds. The summed E-state index contributed by atoms with van der Waals surface area (Å²) in [6.45, 7) is 2.04. The molecule has 96 valence electrons. The number of carboxylic acid groups (broad SMARTS) is 1. The minimum absolute atomic E-state index is 0.00427. The second-order valence-corrected chi connectivity index (χ2v) is 4.45. The lowest BCUT2D eigenvalue weighted by atomic mass is 10.0. The molecule has 0 spiro atoms. The lowest BCUT2D eigenvalue weighted by molar-refractivity contribution is -0.142. The Morgan fingerprint density at radius 3 is 2.61 bits per heavy atom. The van der Waals surface area contributed by atoms with Gasteiger partial charge in [0.15, 0.2) is 0 Å². The number of amides is 1. The standard InChI is InChI=1S/C13H14FNO3/c1-8-9(13(17)18)6-7-15(8)12(16)10-4-2-3-5-11(10)14/h2-5,8-9H,6-7H2,1H3,(H,17,18). The molecule has 1 aromatic rings. The van der Waals surface area contributed by atoms with Crippen molar-refractivity contribution in [2.45, 2.75) is 19.4 Å². The lowest BCUT2D eigenvalue weighted by Crippen LogP contribution is -2.38. The highest BCUT2D eigenvalue weighted by Crippen LogP contribution is 2.26. The van der Waals surface area contributed by atoms with Crippen molar-refractivity contribution in [2.24, 2.45) is 5.92 Å². The van der Waals surface area contributed by atoms with Crippen molar-refractivity contribution in [3.63, 3.8) is 0 Å². The molecule has 5 heteroatoms. The number of aliphatic carboxylic acids is 1. The number of benzene rings is 1. The molecule has 0 aromatic heterocycles. The summed E-state index contributed by atoms with van der Waals surface area (Å²) in [6.07, 6.45) is 0.413. The van der Waals surface area contributed by atoms with E-state index in [9.17, 15) is 14.0 Å². The normalized spacial score (nSPS) is 23.1. The second-order valence-electron chi connectivity index (χ2n) is 4.45. The van der Waals surface area contributed by atoms with Crippen molar-refractivity contribution in [1.29, 1.82) is 0 Å². The molecule has 1 fully saturated rings. The molecule has 18 heavy (non-hydrogen) atoms. The summed E-state index contributed by atoms with van der Waals surface area (Å²) in [4.78, 5) is 24.5. The summed E-state index contributed by atoms with van der Waals surface area (Å²) in [5.41, 5.74) is -0.00427. The third kappa shape index (κ3) is 2.08. The molecule has 1 saturated heterocycles. The van der Waals surface area contributed by atoms with Gasteiger partial charge in [-0.3, -0.25) is 9.59 Å². The molecule has 0 aliphatic carbocycles. The van der Waals surface area contributed by atoms with Crippen molar-refractivity contribution in [2.75, 3.05) is 6.54 Å². The fourth-order valence-electron chi connectivity index (χ4n) is 2.35. The number of halogens is 1. The van der Waals surface area contributed by atoms with Crippen LogP contribution < -0.4 is 0 Å². The molecule has 2 rings (SSSR count). The summed E-state index contributed by atoms with van der Waals surface area (Å²) < 4.78 is 13.5. The summed E-state index contributed by atoms with van der Waals surface area (Å²) in [6, 6.07) is 5.33. The second kappa shape index (κ2) is 4.76. The van der Waals surface area contributed by atoms with Crippen LogP contribution in [0.2, 0.25) is 0 Å². The number of likely N-dealkylation sites (tertiary alicyclic amines) is 1. The number of carbonyl (C=O) groups is 2. The zero-order chi connectivity index (χ0) is 13.3. The smallest absolute Gasteiger partial charge is 0.308 e. The summed E-state index contributed by atoms with van der Waals surface area (Å²) in [7, 11) is 0. The van der Waals surface area contributed by atoms with Gasteiger partial charge in [-0.15, -0.1) is 0 Å². The van der Waals surface area contributed by atoms with Gasteiger partial charge in [0.1, 0.15) is 5.82 Å². The summed E-state index contributed by atoms with van der Waals surface area (Å²) in [5, 5.41) is 9.00. The zero-order valence-corrected chi connectivity index (χ0v) is 9.97. The van der Waals surface area contributed by atoms with Crippen molar-refractivity contribution in [3.8, 4) is 0 Å². The molecule has 1 aromatic carbocycles. The molecule has 0 bridgehead atoms. The predicted molar refractivity (Wildman–Crippen MR) is 62.6 cm³/mol. The molecule has 1 N–H and O–H groups in total. The first-order chi connectivity index (χ1) is 8.52. The van der Waals surface area contributed by atoms with E-state index in [0.717, 1.165) is 0 Å². The van der Waals surface area contributed by atoms with E-state index in [0.29, 0.717) is 13.0 Å². The van der Waals surface area contributed by atoms with Crippen LogP contribution in [0.3, 0.4) is 0 Å². The van der Waals surface area contributed by atoms with Gasteiger partial charge in [0.25, 0.3) is 5.91 Å². The molecule has 2 atom stereocenters. The van der Waals surface area contributed by atoms with Crippen LogP contribution in [0.25, 0.3) is 0 Å². The van der Waals surface area contributed by atoms with Gasteiger partial charge >= 0.3 is 5.97 Å². The fourth-order valence-corrected chi connectivity index (χ4v) is 2.35. The number of carbonyl (C=O) groups excluding carboxylic acids is 1. The molecule has 0 radical (unpaired) electrons. The van der Waals surface area contributed by atoms with E-state index in [-0.39, 0.29) is 5.56 Å². The van der Waals surface area contributed by atoms with Crippen LogP contribution in [0.15, 0.2) is 24.3 Å². The molecular weight excluding hydrogens is 237 g/mol. The quantitative estimate of drug-likeness (QED) is 0.871. The maximum absolute atomic E-state index is 13.5. The van der Waals surface area contributed by atoms with Crippen LogP contribution in [-0.4, -0.2) is 34.5 Å². The first-order valence-corrected chi connectivity index (χ1v) is 5.80. The van der Waals surface area contributed by atoms with E-state index in [1.807, 2.05) is 0 Å². The summed E-state index contributed by atoms with van der Waals surface area (Å²) >= 11 is 0. The largest absolute Gasteiger partial charge is 0.481 e. The lowest BCUT2D eigenvalue weighted by Gasteiger charge is -2.23. The average Bonchev–Trinajstić information content (AvgIpc) is 2.71. The van der Waals surface area contributed by atoms with Crippen LogP contribution in [0.5, 0.6) is 0 Å². The van der Waals surface area contributed by atoms with Crippen molar-refractivity contribution in [3.05, 3.63) is 35.6 Å². The minimum atomic E-state index is -0.911. The van der Waals surface area contributed by atoms with Crippen LogP contribution in [0, 0.1) is 11.7 Å². The maximum Gasteiger partial charge on any atom is 0.308 e.